The van der Waals surface area contributed by atoms with Gasteiger partial charge in [0.1, 0.15) is 5.75 Å². The molecule has 166 valence electrons. The minimum Gasteiger partial charge on any atom is -0.508 e. The van der Waals surface area contributed by atoms with E-state index in [0.29, 0.717) is 11.1 Å². The highest BCUT2D eigenvalue weighted by Gasteiger charge is 2.23. The molecule has 0 saturated carbocycles. The minimum atomic E-state index is -1.23. The lowest BCUT2D eigenvalue weighted by Gasteiger charge is -2.23. The summed E-state index contributed by atoms with van der Waals surface area (Å²) in [6.07, 6.45) is -0.436. The van der Waals surface area contributed by atoms with Gasteiger partial charge in [0.25, 0.3) is 5.91 Å². The Hall–Kier alpha value is -3.30. The van der Waals surface area contributed by atoms with E-state index in [9.17, 15) is 29.7 Å². The third kappa shape index (κ3) is 7.16. The molecule has 0 aliphatic carbocycles. The van der Waals surface area contributed by atoms with E-state index in [1.807, 2.05) is 0 Å². The summed E-state index contributed by atoms with van der Waals surface area (Å²) in [5.74, 6) is -2.63. The average molecular weight is 450 g/mol. The number of nitrogen functional groups attached to an aromatic ring is 1. The zero-order valence-electron chi connectivity index (χ0n) is 17.0. The molecule has 2 amide bonds. The third-order valence-corrected chi connectivity index (χ3v) is 4.57. The van der Waals surface area contributed by atoms with Crippen molar-refractivity contribution in [1.29, 1.82) is 0 Å². The van der Waals surface area contributed by atoms with Crippen molar-refractivity contribution in [2.75, 3.05) is 12.3 Å². The van der Waals surface area contributed by atoms with Crippen LogP contribution in [-0.2, 0) is 15.2 Å². The van der Waals surface area contributed by atoms with Crippen molar-refractivity contribution in [2.45, 2.75) is 31.9 Å². The molecule has 0 unspecified atom stereocenters. The van der Waals surface area contributed by atoms with Crippen LogP contribution in [0.5, 0.6) is 5.75 Å². The van der Waals surface area contributed by atoms with Gasteiger partial charge in [-0.1, -0.05) is 17.7 Å². The van der Waals surface area contributed by atoms with Crippen LogP contribution in [0, 0.1) is 0 Å². The number of halogens is 1. The van der Waals surface area contributed by atoms with Gasteiger partial charge in [0, 0.05) is 22.3 Å². The van der Waals surface area contributed by atoms with Crippen molar-refractivity contribution in [1.82, 2.24) is 10.6 Å². The van der Waals surface area contributed by atoms with Crippen LogP contribution in [0.3, 0.4) is 0 Å². The number of carbonyl (C=O) groups is 3. The fourth-order valence-corrected chi connectivity index (χ4v) is 3.11. The number of carboxylic acid groups (broad SMARTS) is 1. The summed E-state index contributed by atoms with van der Waals surface area (Å²) in [7, 11) is 0. The largest absolute Gasteiger partial charge is 0.508 e. The topological polar surface area (TPSA) is 162 Å². The maximum atomic E-state index is 12.4. The Kier molecular flexibility index (Phi) is 7.48. The maximum absolute atomic E-state index is 12.4. The van der Waals surface area contributed by atoms with E-state index in [1.54, 1.807) is 26.0 Å². The van der Waals surface area contributed by atoms with E-state index in [4.69, 9.17) is 17.3 Å². The Morgan fingerprint density at radius 1 is 1.13 bits per heavy atom. The lowest BCUT2D eigenvalue weighted by Crippen LogP contribution is -2.39. The number of amides is 2. The Balaban J connectivity index is 2.14. The summed E-state index contributed by atoms with van der Waals surface area (Å²) in [6.45, 7) is 2.66. The Morgan fingerprint density at radius 2 is 1.81 bits per heavy atom. The molecule has 1 atom stereocenters. The molecule has 0 fully saturated rings. The van der Waals surface area contributed by atoms with Gasteiger partial charge in [-0.15, -0.1) is 0 Å². The quantitative estimate of drug-likeness (QED) is 0.335. The molecule has 9 nitrogen and oxygen atoms in total. The van der Waals surface area contributed by atoms with Gasteiger partial charge in [-0.3, -0.25) is 14.4 Å². The summed E-state index contributed by atoms with van der Waals surface area (Å²) in [5.41, 5.74) is 5.45. The molecule has 2 aromatic rings. The van der Waals surface area contributed by atoms with E-state index in [-0.39, 0.29) is 22.0 Å². The van der Waals surface area contributed by atoms with Crippen LogP contribution < -0.4 is 16.4 Å². The molecule has 0 aromatic heterocycles. The lowest BCUT2D eigenvalue weighted by atomic mass is 9.93. The molecule has 0 bridgehead atoms. The first-order valence-corrected chi connectivity index (χ1v) is 9.65. The zero-order chi connectivity index (χ0) is 23.3. The summed E-state index contributed by atoms with van der Waals surface area (Å²) < 4.78 is 0. The average Bonchev–Trinajstić information content (AvgIpc) is 2.63. The van der Waals surface area contributed by atoms with E-state index < -0.39 is 42.4 Å². The number of phenolic OH excluding ortho intramolecular Hbond substituents is 1. The molecule has 0 heterocycles. The molecule has 0 spiro atoms. The minimum absolute atomic E-state index is 0.0667. The number of nitrogens with one attached hydrogen (secondary N) is 2. The molecule has 2 rings (SSSR count). The van der Waals surface area contributed by atoms with Gasteiger partial charge in [0.2, 0.25) is 5.91 Å². The SMILES string of the molecule is CC(C)(O)c1cc(Cl)cc([C@H](CC(=O)O)NC(=O)CNC(=O)c2cc(N)cc(O)c2)c1. The molecule has 0 aliphatic rings. The van der Waals surface area contributed by atoms with Gasteiger partial charge in [0.15, 0.2) is 0 Å². The van der Waals surface area contributed by atoms with Crippen molar-refractivity contribution in [3.8, 4) is 5.75 Å². The summed E-state index contributed by atoms with van der Waals surface area (Å²) in [6, 6.07) is 7.47. The van der Waals surface area contributed by atoms with Crippen molar-refractivity contribution in [3.63, 3.8) is 0 Å². The fraction of sp³-hybridized carbons (Fsp3) is 0.286. The number of hydrogen-bond acceptors (Lipinski definition) is 6. The highest BCUT2D eigenvalue weighted by molar-refractivity contribution is 6.30. The molecule has 0 saturated heterocycles. The standard InChI is InChI=1S/C21H24ClN3O6/c1-21(2,31)13-3-11(4-14(22)7-13)17(9-19(28)29)25-18(27)10-24-20(30)12-5-15(23)8-16(26)6-12/h3-8,17,26,31H,9-10,23H2,1-2H3,(H,24,30)(H,25,27)(H,28,29)/t17-/m0/s1. The van der Waals surface area contributed by atoms with Crippen LogP contribution >= 0.6 is 11.6 Å². The second kappa shape index (κ2) is 9.67. The van der Waals surface area contributed by atoms with Gasteiger partial charge >= 0.3 is 5.97 Å². The first kappa shape index (κ1) is 24.0. The molecule has 7 N–H and O–H groups in total. The first-order valence-electron chi connectivity index (χ1n) is 9.27. The number of carboxylic acids is 1. The fourth-order valence-electron chi connectivity index (χ4n) is 2.87. The number of phenols is 1. The van der Waals surface area contributed by atoms with Gasteiger partial charge < -0.3 is 31.7 Å². The number of benzene rings is 2. The normalized spacial score (nSPS) is 12.1. The molecule has 0 radical (unpaired) electrons. The van der Waals surface area contributed by atoms with Crippen molar-refractivity contribution in [3.05, 3.63) is 58.1 Å². The number of anilines is 1. The number of carbonyl (C=O) groups excluding carboxylic acids is 2. The number of aliphatic carboxylic acids is 1. The summed E-state index contributed by atoms with van der Waals surface area (Å²) >= 11 is 6.11. The molecule has 0 aliphatic heterocycles. The van der Waals surface area contributed by atoms with E-state index in [2.05, 4.69) is 10.6 Å². The van der Waals surface area contributed by atoms with Gasteiger partial charge in [0.05, 0.1) is 24.6 Å². The monoisotopic (exact) mass is 449 g/mol. The van der Waals surface area contributed by atoms with E-state index in [1.165, 1.54) is 24.3 Å². The Labute approximate surface area is 183 Å². The summed E-state index contributed by atoms with van der Waals surface area (Å²) in [5, 5.41) is 34.2. The second-order valence-corrected chi connectivity index (χ2v) is 7.98. The number of aliphatic hydroxyl groups is 1. The highest BCUT2D eigenvalue weighted by atomic mass is 35.5. The molecule has 31 heavy (non-hydrogen) atoms. The third-order valence-electron chi connectivity index (χ3n) is 4.35. The van der Waals surface area contributed by atoms with Crippen molar-refractivity contribution < 1.29 is 29.7 Å². The van der Waals surface area contributed by atoms with Crippen LogP contribution in [0.1, 0.15) is 47.8 Å². The summed E-state index contributed by atoms with van der Waals surface area (Å²) in [4.78, 5) is 35.9. The predicted octanol–water partition coefficient (Wildman–Crippen LogP) is 1.92. The zero-order valence-corrected chi connectivity index (χ0v) is 17.7. The maximum Gasteiger partial charge on any atom is 0.305 e. The highest BCUT2D eigenvalue weighted by Crippen LogP contribution is 2.28. The number of nitrogens with two attached hydrogens (primary N) is 1. The van der Waals surface area contributed by atoms with Crippen molar-refractivity contribution >= 4 is 35.1 Å². The smallest absolute Gasteiger partial charge is 0.305 e. The molecular weight excluding hydrogens is 426 g/mol. The Morgan fingerprint density at radius 3 is 2.39 bits per heavy atom. The first-order chi connectivity index (χ1) is 14.3. The predicted molar refractivity (Wildman–Crippen MR) is 115 cm³/mol. The molecule has 2 aromatic carbocycles. The van der Waals surface area contributed by atoms with Crippen LogP contribution in [-0.4, -0.2) is 39.6 Å². The second-order valence-electron chi connectivity index (χ2n) is 7.55. The van der Waals surface area contributed by atoms with Gasteiger partial charge in [-0.25, -0.2) is 0 Å². The van der Waals surface area contributed by atoms with Crippen molar-refractivity contribution in [2.24, 2.45) is 0 Å². The van der Waals surface area contributed by atoms with Crippen LogP contribution in [0.2, 0.25) is 5.02 Å². The Bertz CT molecular complexity index is 983. The van der Waals surface area contributed by atoms with E-state index in [0.717, 1.165) is 0 Å². The van der Waals surface area contributed by atoms with Gasteiger partial charge in [-0.05, 0) is 49.2 Å². The molecular formula is C21H24ClN3O6. The van der Waals surface area contributed by atoms with Crippen LogP contribution in [0.4, 0.5) is 5.69 Å². The number of rotatable bonds is 8. The number of aromatic hydroxyl groups is 1. The molecule has 10 heteroatoms. The van der Waals surface area contributed by atoms with Gasteiger partial charge in [-0.2, -0.15) is 0 Å². The van der Waals surface area contributed by atoms with E-state index >= 15 is 0 Å². The number of hydrogen-bond donors (Lipinski definition) is 6. The lowest BCUT2D eigenvalue weighted by molar-refractivity contribution is -0.137. The van der Waals surface area contributed by atoms with Crippen LogP contribution in [0.15, 0.2) is 36.4 Å². The van der Waals surface area contributed by atoms with Crippen LogP contribution in [0.25, 0.3) is 0 Å².